The molecule has 25 heavy (non-hydrogen) atoms. The summed E-state index contributed by atoms with van der Waals surface area (Å²) in [5, 5.41) is 15.6. The number of halogens is 1. The minimum atomic E-state index is -0.446. The molecule has 1 aromatic heterocycles. The smallest absolute Gasteiger partial charge is 0.271 e. The summed E-state index contributed by atoms with van der Waals surface area (Å²) < 4.78 is 0.878. The maximum atomic E-state index is 12.0. The Kier molecular flexibility index (Phi) is 4.62. The van der Waals surface area contributed by atoms with Gasteiger partial charge in [-0.15, -0.1) is 0 Å². The summed E-state index contributed by atoms with van der Waals surface area (Å²) in [5.74, 6) is -0.341. The average molecular weight is 401 g/mol. The summed E-state index contributed by atoms with van der Waals surface area (Å²) in [6.45, 7) is 1.84. The van der Waals surface area contributed by atoms with E-state index in [1.165, 1.54) is 18.3 Å². The molecular weight excluding hydrogens is 388 g/mol. The van der Waals surface area contributed by atoms with E-state index in [1.807, 2.05) is 6.92 Å². The van der Waals surface area contributed by atoms with Gasteiger partial charge in [-0.1, -0.05) is 15.9 Å². The van der Waals surface area contributed by atoms with Crippen molar-refractivity contribution in [1.29, 1.82) is 0 Å². The highest BCUT2D eigenvalue weighted by Gasteiger charge is 2.12. The van der Waals surface area contributed by atoms with E-state index in [2.05, 4.69) is 31.4 Å². The topological polar surface area (TPSA) is 100 Å². The lowest BCUT2D eigenvalue weighted by molar-refractivity contribution is -0.384. The Labute approximate surface area is 151 Å². The molecule has 3 aromatic rings. The second kappa shape index (κ2) is 6.86. The van der Waals surface area contributed by atoms with Crippen LogP contribution in [0.4, 0.5) is 5.69 Å². The number of aryl methyl sites for hydroxylation is 1. The summed E-state index contributed by atoms with van der Waals surface area (Å²) in [5.41, 5.74) is 5.19. The summed E-state index contributed by atoms with van der Waals surface area (Å²) >= 11 is 3.31. The summed E-state index contributed by atoms with van der Waals surface area (Å²) in [7, 11) is 0. The largest absolute Gasteiger partial charge is 0.358 e. The van der Waals surface area contributed by atoms with E-state index in [-0.39, 0.29) is 11.6 Å². The van der Waals surface area contributed by atoms with Gasteiger partial charge in [-0.25, -0.2) is 5.43 Å². The van der Waals surface area contributed by atoms with Crippen LogP contribution in [0, 0.1) is 17.0 Å². The molecule has 0 radical (unpaired) electrons. The van der Waals surface area contributed by atoms with Gasteiger partial charge in [0, 0.05) is 44.3 Å². The van der Waals surface area contributed by atoms with Crippen LogP contribution in [0.2, 0.25) is 0 Å². The fraction of sp³-hybridized carbons (Fsp3) is 0.0588. The molecule has 0 saturated heterocycles. The number of nitro benzene ring substituents is 1. The number of nitro groups is 1. The van der Waals surface area contributed by atoms with Crippen molar-refractivity contribution in [2.75, 3.05) is 0 Å². The van der Waals surface area contributed by atoms with Gasteiger partial charge in [0.2, 0.25) is 0 Å². The molecule has 0 aliphatic heterocycles. The van der Waals surface area contributed by atoms with Crippen molar-refractivity contribution in [3.63, 3.8) is 0 Å². The number of H-pyrrole nitrogens is 1. The monoisotopic (exact) mass is 400 g/mol. The molecule has 0 bridgehead atoms. The van der Waals surface area contributed by atoms with Crippen molar-refractivity contribution >= 4 is 44.6 Å². The maximum Gasteiger partial charge on any atom is 0.271 e. The molecule has 126 valence electrons. The van der Waals surface area contributed by atoms with Gasteiger partial charge in [0.1, 0.15) is 0 Å². The molecular formula is C17H13BrN4O3. The van der Waals surface area contributed by atoms with Crippen molar-refractivity contribution in [2.45, 2.75) is 6.92 Å². The zero-order valence-electron chi connectivity index (χ0n) is 13.1. The van der Waals surface area contributed by atoms with Gasteiger partial charge >= 0.3 is 0 Å². The standard InChI is InChI=1S/C17H13BrN4O3/c1-10-15(14-8-13(22(24)25)6-7-16(14)20-10)9-19-21-17(23)11-2-4-12(18)5-3-11/h2-9,20H,1H3,(H,21,23). The van der Waals surface area contributed by atoms with E-state index in [9.17, 15) is 14.9 Å². The molecule has 0 aliphatic rings. The Balaban J connectivity index is 1.84. The Hall–Kier alpha value is -3.00. The normalized spacial score (nSPS) is 11.1. The lowest BCUT2D eigenvalue weighted by Crippen LogP contribution is -2.17. The van der Waals surface area contributed by atoms with Crippen LogP contribution in [0.3, 0.4) is 0 Å². The summed E-state index contributed by atoms with van der Waals surface area (Å²) in [6, 6.07) is 11.5. The number of carbonyl (C=O) groups excluding carboxylic acids is 1. The minimum Gasteiger partial charge on any atom is -0.358 e. The Bertz CT molecular complexity index is 993. The van der Waals surface area contributed by atoms with Crippen molar-refractivity contribution in [2.24, 2.45) is 5.10 Å². The molecule has 0 spiro atoms. The molecule has 8 heteroatoms. The number of amides is 1. The van der Waals surface area contributed by atoms with Gasteiger partial charge in [-0.2, -0.15) is 5.10 Å². The van der Waals surface area contributed by atoms with Gasteiger partial charge in [0.15, 0.2) is 0 Å². The fourth-order valence-corrected chi connectivity index (χ4v) is 2.70. The van der Waals surface area contributed by atoms with Crippen molar-refractivity contribution in [3.05, 3.63) is 73.9 Å². The number of nitrogens with zero attached hydrogens (tertiary/aromatic N) is 2. The van der Waals surface area contributed by atoms with Gasteiger partial charge < -0.3 is 4.98 Å². The lowest BCUT2D eigenvalue weighted by atomic mass is 10.1. The number of carbonyl (C=O) groups is 1. The molecule has 0 unspecified atom stereocenters. The van der Waals surface area contributed by atoms with Crippen LogP contribution >= 0.6 is 15.9 Å². The van der Waals surface area contributed by atoms with Crippen LogP contribution < -0.4 is 5.43 Å². The van der Waals surface area contributed by atoms with Crippen LogP contribution in [0.1, 0.15) is 21.6 Å². The second-order valence-corrected chi connectivity index (χ2v) is 6.27. The molecule has 2 aromatic carbocycles. The van der Waals surface area contributed by atoms with Crippen LogP contribution in [-0.4, -0.2) is 22.0 Å². The van der Waals surface area contributed by atoms with Crippen molar-refractivity contribution in [1.82, 2.24) is 10.4 Å². The molecule has 3 rings (SSSR count). The van der Waals surface area contributed by atoms with E-state index in [4.69, 9.17) is 0 Å². The van der Waals surface area contributed by atoms with Gasteiger partial charge in [0.25, 0.3) is 11.6 Å². The number of rotatable bonds is 4. The number of aromatic amines is 1. The maximum absolute atomic E-state index is 12.0. The van der Waals surface area contributed by atoms with E-state index in [0.717, 1.165) is 15.7 Å². The second-order valence-electron chi connectivity index (χ2n) is 5.36. The molecule has 0 aliphatic carbocycles. The van der Waals surface area contributed by atoms with Crippen LogP contribution in [-0.2, 0) is 0 Å². The Morgan fingerprint density at radius 1 is 1.28 bits per heavy atom. The van der Waals surface area contributed by atoms with Crippen LogP contribution in [0.15, 0.2) is 52.0 Å². The van der Waals surface area contributed by atoms with Crippen LogP contribution in [0.25, 0.3) is 10.9 Å². The first kappa shape index (κ1) is 16.8. The number of hydrazone groups is 1. The third-order valence-electron chi connectivity index (χ3n) is 3.70. The highest BCUT2D eigenvalue weighted by atomic mass is 79.9. The van der Waals surface area contributed by atoms with Gasteiger partial charge in [-0.05, 0) is 37.3 Å². The molecule has 7 nitrogen and oxygen atoms in total. The quantitative estimate of drug-likeness (QED) is 0.394. The molecule has 1 amide bonds. The Morgan fingerprint density at radius 3 is 2.68 bits per heavy atom. The molecule has 0 fully saturated rings. The van der Waals surface area contributed by atoms with Gasteiger partial charge in [-0.3, -0.25) is 14.9 Å². The number of aromatic nitrogens is 1. The number of fused-ring (bicyclic) bond motifs is 1. The molecule has 1 heterocycles. The summed E-state index contributed by atoms with van der Waals surface area (Å²) in [6.07, 6.45) is 1.48. The highest BCUT2D eigenvalue weighted by molar-refractivity contribution is 9.10. The van der Waals surface area contributed by atoms with E-state index < -0.39 is 4.92 Å². The number of non-ortho nitro benzene ring substituents is 1. The number of hydrogen-bond donors (Lipinski definition) is 2. The third kappa shape index (κ3) is 3.58. The zero-order valence-corrected chi connectivity index (χ0v) is 14.7. The van der Waals surface area contributed by atoms with Crippen molar-refractivity contribution < 1.29 is 9.72 Å². The SMILES string of the molecule is Cc1[nH]c2ccc([N+](=O)[O-])cc2c1C=NNC(=O)c1ccc(Br)cc1. The first-order chi connectivity index (χ1) is 12.0. The third-order valence-corrected chi connectivity index (χ3v) is 4.23. The average Bonchev–Trinajstić information content (AvgIpc) is 2.90. The molecule has 0 saturated carbocycles. The van der Waals surface area contributed by atoms with E-state index >= 15 is 0 Å². The van der Waals surface area contributed by atoms with Crippen molar-refractivity contribution in [3.8, 4) is 0 Å². The fourth-order valence-electron chi connectivity index (χ4n) is 2.44. The molecule has 2 N–H and O–H groups in total. The first-order valence-electron chi connectivity index (χ1n) is 7.31. The number of hydrogen-bond acceptors (Lipinski definition) is 4. The zero-order chi connectivity index (χ0) is 18.0. The van der Waals surface area contributed by atoms with E-state index in [1.54, 1.807) is 30.3 Å². The molecule has 0 atom stereocenters. The first-order valence-corrected chi connectivity index (χ1v) is 8.10. The minimum absolute atomic E-state index is 0.0000445. The highest BCUT2D eigenvalue weighted by Crippen LogP contribution is 2.25. The summed E-state index contributed by atoms with van der Waals surface area (Å²) in [4.78, 5) is 25.7. The number of benzene rings is 2. The predicted molar refractivity (Wildman–Crippen MR) is 98.9 cm³/mol. The van der Waals surface area contributed by atoms with Crippen LogP contribution in [0.5, 0.6) is 0 Å². The Morgan fingerprint density at radius 2 is 2.00 bits per heavy atom. The lowest BCUT2D eigenvalue weighted by Gasteiger charge is -2.00. The van der Waals surface area contributed by atoms with E-state index in [0.29, 0.717) is 16.5 Å². The predicted octanol–water partition coefficient (Wildman–Crippen LogP) is 3.91. The van der Waals surface area contributed by atoms with Gasteiger partial charge in [0.05, 0.1) is 11.1 Å². The number of nitrogens with one attached hydrogen (secondary N) is 2.